The van der Waals surface area contributed by atoms with Crippen LogP contribution in [0.25, 0.3) is 0 Å². The van der Waals surface area contributed by atoms with Crippen molar-refractivity contribution in [1.29, 1.82) is 0 Å². The molecular formula is C11H10NO3S. The molecule has 0 aliphatic heterocycles. The minimum absolute atomic E-state index is 0.531. The van der Waals surface area contributed by atoms with Crippen LogP contribution in [0.15, 0.2) is 23.6 Å². The molecule has 0 aliphatic rings. The highest BCUT2D eigenvalue weighted by Gasteiger charge is 2.08. The van der Waals surface area contributed by atoms with Crippen molar-refractivity contribution < 1.29 is 14.2 Å². The van der Waals surface area contributed by atoms with Crippen LogP contribution in [0.3, 0.4) is 0 Å². The highest BCUT2D eigenvalue weighted by atomic mass is 32.1. The quantitative estimate of drug-likeness (QED) is 0.818. The van der Waals surface area contributed by atoms with E-state index < -0.39 is 0 Å². The van der Waals surface area contributed by atoms with Gasteiger partial charge in [0.1, 0.15) is 11.9 Å². The maximum Gasteiger partial charge on any atom is 0.279 e. The summed E-state index contributed by atoms with van der Waals surface area (Å²) in [4.78, 5) is 3.91. The second-order valence-electron chi connectivity index (χ2n) is 2.86. The molecule has 0 aliphatic carbocycles. The van der Waals surface area contributed by atoms with Gasteiger partial charge >= 0.3 is 0 Å². The lowest BCUT2D eigenvalue weighted by Gasteiger charge is -2.09. The molecule has 0 unspecified atom stereocenters. The topological polar surface area (TPSA) is 40.6 Å². The van der Waals surface area contributed by atoms with E-state index in [2.05, 4.69) is 11.2 Å². The van der Waals surface area contributed by atoms with Gasteiger partial charge < -0.3 is 14.2 Å². The van der Waals surface area contributed by atoms with Crippen LogP contribution in [0.4, 0.5) is 0 Å². The zero-order valence-electron chi connectivity index (χ0n) is 8.89. The van der Waals surface area contributed by atoms with Gasteiger partial charge in [-0.05, 0) is 12.1 Å². The Morgan fingerprint density at radius 3 is 2.69 bits per heavy atom. The van der Waals surface area contributed by atoms with Crippen LogP contribution in [0.2, 0.25) is 0 Å². The van der Waals surface area contributed by atoms with Crippen LogP contribution in [0, 0.1) is 6.20 Å². The van der Waals surface area contributed by atoms with Gasteiger partial charge in [-0.15, -0.1) is 0 Å². The van der Waals surface area contributed by atoms with E-state index in [1.807, 2.05) is 0 Å². The predicted molar refractivity (Wildman–Crippen MR) is 60.6 cm³/mol. The molecule has 0 amide bonds. The number of benzene rings is 1. The molecule has 2 rings (SSSR count). The summed E-state index contributed by atoms with van der Waals surface area (Å²) in [6, 6.07) is 5.33. The summed E-state index contributed by atoms with van der Waals surface area (Å²) in [5.41, 5.74) is 0. The number of ether oxygens (including phenoxy) is 3. The number of aromatic nitrogens is 1. The lowest BCUT2D eigenvalue weighted by Crippen LogP contribution is -1.91. The lowest BCUT2D eigenvalue weighted by molar-refractivity contribution is 0.368. The predicted octanol–water partition coefficient (Wildman–Crippen LogP) is 2.75. The maximum absolute atomic E-state index is 5.54. The van der Waals surface area contributed by atoms with E-state index in [4.69, 9.17) is 14.2 Å². The van der Waals surface area contributed by atoms with E-state index in [1.165, 1.54) is 11.3 Å². The molecule has 83 valence electrons. The van der Waals surface area contributed by atoms with E-state index in [9.17, 15) is 0 Å². The minimum atomic E-state index is 0.531. The van der Waals surface area contributed by atoms with Crippen LogP contribution in [-0.2, 0) is 0 Å². The number of hydrogen-bond acceptors (Lipinski definition) is 5. The Balaban J connectivity index is 2.26. The Bertz CT molecular complexity index is 456. The molecule has 1 heterocycles. The van der Waals surface area contributed by atoms with E-state index >= 15 is 0 Å². The summed E-state index contributed by atoms with van der Waals surface area (Å²) >= 11 is 1.37. The Labute approximate surface area is 97.4 Å². The SMILES string of the molecule is COc1ccc(Oc2n[c]cs2)c(OC)c1. The second-order valence-corrected chi connectivity index (χ2v) is 3.68. The second kappa shape index (κ2) is 4.85. The van der Waals surface area contributed by atoms with Crippen LogP contribution < -0.4 is 14.2 Å². The highest BCUT2D eigenvalue weighted by molar-refractivity contribution is 7.11. The summed E-state index contributed by atoms with van der Waals surface area (Å²) in [5, 5.41) is 2.26. The molecule has 0 N–H and O–H groups in total. The third-order valence-electron chi connectivity index (χ3n) is 1.94. The van der Waals surface area contributed by atoms with Crippen molar-refractivity contribution in [1.82, 2.24) is 4.98 Å². The van der Waals surface area contributed by atoms with Crippen molar-refractivity contribution in [2.45, 2.75) is 0 Å². The van der Waals surface area contributed by atoms with Crippen molar-refractivity contribution in [2.24, 2.45) is 0 Å². The highest BCUT2D eigenvalue weighted by Crippen LogP contribution is 2.34. The first-order valence-corrected chi connectivity index (χ1v) is 5.43. The van der Waals surface area contributed by atoms with Gasteiger partial charge in [-0.3, -0.25) is 0 Å². The van der Waals surface area contributed by atoms with Gasteiger partial charge in [0.15, 0.2) is 11.5 Å². The first-order chi connectivity index (χ1) is 7.83. The van der Waals surface area contributed by atoms with E-state index in [0.717, 1.165) is 5.75 Å². The van der Waals surface area contributed by atoms with E-state index in [0.29, 0.717) is 16.7 Å². The van der Waals surface area contributed by atoms with Gasteiger partial charge in [0.2, 0.25) is 0 Å². The first-order valence-electron chi connectivity index (χ1n) is 4.55. The van der Waals surface area contributed by atoms with Crippen LogP contribution in [-0.4, -0.2) is 19.2 Å². The Hall–Kier alpha value is -1.75. The molecule has 0 fully saturated rings. The molecular weight excluding hydrogens is 226 g/mol. The lowest BCUT2D eigenvalue weighted by atomic mass is 10.3. The van der Waals surface area contributed by atoms with Crippen molar-refractivity contribution in [3.63, 3.8) is 0 Å². The molecule has 16 heavy (non-hydrogen) atoms. The number of methoxy groups -OCH3 is 2. The number of thiazole rings is 1. The monoisotopic (exact) mass is 236 g/mol. The molecule has 0 saturated heterocycles. The third-order valence-corrected chi connectivity index (χ3v) is 2.54. The van der Waals surface area contributed by atoms with E-state index in [-0.39, 0.29) is 0 Å². The van der Waals surface area contributed by atoms with Gasteiger partial charge in [-0.2, -0.15) is 0 Å². The summed E-state index contributed by atoms with van der Waals surface area (Å²) in [5.74, 6) is 1.93. The van der Waals surface area contributed by atoms with Gasteiger partial charge in [0, 0.05) is 11.4 Å². The van der Waals surface area contributed by atoms with Crippen molar-refractivity contribution in [3.8, 4) is 22.4 Å². The Morgan fingerprint density at radius 2 is 2.06 bits per heavy atom. The van der Waals surface area contributed by atoms with Crippen molar-refractivity contribution in [2.75, 3.05) is 14.2 Å². The molecule has 0 saturated carbocycles. The van der Waals surface area contributed by atoms with E-state index in [1.54, 1.807) is 37.8 Å². The zero-order valence-corrected chi connectivity index (χ0v) is 9.71. The zero-order chi connectivity index (χ0) is 11.4. The molecule has 1 aromatic heterocycles. The standard InChI is InChI=1S/C11H10NO3S/c1-13-8-3-4-9(10(7-8)14-2)15-11-12-5-6-16-11/h3-4,6-7H,1-2H3. The van der Waals surface area contributed by atoms with Crippen LogP contribution in [0.1, 0.15) is 0 Å². The fraction of sp³-hybridized carbons (Fsp3) is 0.182. The molecule has 0 atom stereocenters. The molecule has 5 heteroatoms. The summed E-state index contributed by atoms with van der Waals surface area (Å²) in [6.45, 7) is 0. The normalized spacial score (nSPS) is 9.88. The fourth-order valence-corrected chi connectivity index (χ4v) is 1.63. The van der Waals surface area contributed by atoms with Crippen LogP contribution >= 0.6 is 11.3 Å². The number of hydrogen-bond donors (Lipinski definition) is 0. The average Bonchev–Trinajstić information content (AvgIpc) is 2.82. The van der Waals surface area contributed by atoms with Gasteiger partial charge in [0.05, 0.1) is 14.2 Å². The van der Waals surface area contributed by atoms with Gasteiger partial charge in [0.25, 0.3) is 5.19 Å². The largest absolute Gasteiger partial charge is 0.497 e. The van der Waals surface area contributed by atoms with Gasteiger partial charge in [-0.1, -0.05) is 11.3 Å². The molecule has 1 aromatic carbocycles. The summed E-state index contributed by atoms with van der Waals surface area (Å²) < 4.78 is 15.8. The summed E-state index contributed by atoms with van der Waals surface area (Å²) in [7, 11) is 3.18. The number of rotatable bonds is 4. The molecule has 4 nitrogen and oxygen atoms in total. The smallest absolute Gasteiger partial charge is 0.279 e. The van der Waals surface area contributed by atoms with Gasteiger partial charge in [-0.25, -0.2) is 4.98 Å². The summed E-state index contributed by atoms with van der Waals surface area (Å²) in [6.07, 6.45) is 2.69. The fourth-order valence-electron chi connectivity index (χ4n) is 1.18. The minimum Gasteiger partial charge on any atom is -0.497 e. The third kappa shape index (κ3) is 2.25. The van der Waals surface area contributed by atoms with Crippen molar-refractivity contribution in [3.05, 3.63) is 29.8 Å². The Kier molecular flexibility index (Phi) is 3.26. The number of nitrogens with zero attached hydrogens (tertiary/aromatic N) is 1. The van der Waals surface area contributed by atoms with Crippen LogP contribution in [0.5, 0.6) is 22.4 Å². The molecule has 1 radical (unpaired) electrons. The molecule has 0 spiro atoms. The maximum atomic E-state index is 5.54. The first kappa shape index (κ1) is 10.8. The molecule has 0 bridgehead atoms. The molecule has 2 aromatic rings. The van der Waals surface area contributed by atoms with Crippen molar-refractivity contribution >= 4 is 11.3 Å². The Morgan fingerprint density at radius 1 is 1.19 bits per heavy atom. The average molecular weight is 236 g/mol.